The summed E-state index contributed by atoms with van der Waals surface area (Å²) in [7, 11) is 1.64. The normalized spacial score (nSPS) is 11.3. The fourth-order valence-electron chi connectivity index (χ4n) is 1.38. The van der Waals surface area contributed by atoms with Gasteiger partial charge in [-0.3, -0.25) is 4.79 Å². The number of carbonyl (C=O) groups is 1. The molecule has 1 amide bonds. The lowest BCUT2D eigenvalue weighted by Gasteiger charge is -2.25. The number of pyridine rings is 1. The van der Waals surface area contributed by atoms with Gasteiger partial charge in [0.2, 0.25) is 0 Å². The molecule has 1 aromatic heterocycles. The van der Waals surface area contributed by atoms with Gasteiger partial charge in [0.15, 0.2) is 0 Å². The molecule has 0 aliphatic rings. The van der Waals surface area contributed by atoms with Gasteiger partial charge in [0, 0.05) is 24.3 Å². The predicted octanol–water partition coefficient (Wildman–Crippen LogP) is 1.69. The van der Waals surface area contributed by atoms with Crippen LogP contribution in [0.5, 0.6) is 0 Å². The zero-order chi connectivity index (χ0) is 12.3. The van der Waals surface area contributed by atoms with Gasteiger partial charge in [0.25, 0.3) is 5.91 Å². The van der Waals surface area contributed by atoms with Crippen LogP contribution in [0.15, 0.2) is 22.8 Å². The Morgan fingerprint density at radius 3 is 2.75 bits per heavy atom. The Hall–Kier alpha value is -0.940. The number of amides is 1. The van der Waals surface area contributed by atoms with Gasteiger partial charge in [-0.2, -0.15) is 0 Å². The highest BCUT2D eigenvalue weighted by Gasteiger charge is 2.22. The van der Waals surface area contributed by atoms with Gasteiger partial charge in [0.1, 0.15) is 5.69 Å². The molecule has 0 aromatic carbocycles. The molecule has 88 valence electrons. The van der Waals surface area contributed by atoms with E-state index in [9.17, 15) is 9.90 Å². The molecule has 4 nitrogen and oxygen atoms in total. The zero-order valence-corrected chi connectivity index (χ0v) is 11.2. The molecule has 0 saturated heterocycles. The molecule has 0 radical (unpaired) electrons. The number of hydrogen-bond acceptors (Lipinski definition) is 3. The molecule has 0 fully saturated rings. The Kier molecular flexibility index (Phi) is 4.04. The number of nitrogens with zero attached hydrogens (tertiary/aromatic N) is 2. The van der Waals surface area contributed by atoms with E-state index < -0.39 is 5.60 Å². The molecule has 0 saturated carbocycles. The largest absolute Gasteiger partial charge is 0.389 e. The van der Waals surface area contributed by atoms with Crippen LogP contribution in [0, 0.1) is 0 Å². The lowest BCUT2D eigenvalue weighted by Crippen LogP contribution is -2.40. The van der Waals surface area contributed by atoms with Crippen molar-refractivity contribution in [1.29, 1.82) is 0 Å². The highest BCUT2D eigenvalue weighted by Crippen LogP contribution is 2.15. The van der Waals surface area contributed by atoms with Crippen molar-refractivity contribution in [2.45, 2.75) is 19.4 Å². The lowest BCUT2D eigenvalue weighted by atomic mass is 10.1. The van der Waals surface area contributed by atoms with Crippen LogP contribution in [0.2, 0.25) is 0 Å². The summed E-state index contributed by atoms with van der Waals surface area (Å²) in [4.78, 5) is 17.4. The smallest absolute Gasteiger partial charge is 0.273 e. The van der Waals surface area contributed by atoms with Crippen molar-refractivity contribution in [3.8, 4) is 0 Å². The molecule has 0 bridgehead atoms. The zero-order valence-electron chi connectivity index (χ0n) is 9.57. The maximum Gasteiger partial charge on any atom is 0.273 e. The lowest BCUT2D eigenvalue weighted by molar-refractivity contribution is 0.0364. The molecule has 0 atom stereocenters. The van der Waals surface area contributed by atoms with E-state index in [0.29, 0.717) is 10.2 Å². The number of halogens is 1. The molecule has 0 spiro atoms. The third kappa shape index (κ3) is 3.57. The topological polar surface area (TPSA) is 53.4 Å². The first-order valence-electron chi connectivity index (χ1n) is 4.89. The van der Waals surface area contributed by atoms with E-state index in [0.717, 1.165) is 0 Å². The number of hydrogen-bond donors (Lipinski definition) is 1. The highest BCUT2D eigenvalue weighted by molar-refractivity contribution is 9.10. The Balaban J connectivity index is 2.83. The quantitative estimate of drug-likeness (QED) is 0.920. The van der Waals surface area contributed by atoms with Crippen molar-refractivity contribution in [3.63, 3.8) is 0 Å². The average Bonchev–Trinajstić information content (AvgIpc) is 2.15. The second-order valence-corrected chi connectivity index (χ2v) is 5.16. The summed E-state index contributed by atoms with van der Waals surface area (Å²) in [6.07, 6.45) is 1.57. The van der Waals surface area contributed by atoms with Crippen LogP contribution in [-0.4, -0.2) is 40.1 Å². The van der Waals surface area contributed by atoms with Crippen LogP contribution in [0.25, 0.3) is 0 Å². The highest BCUT2D eigenvalue weighted by atomic mass is 79.9. The minimum absolute atomic E-state index is 0.213. The Morgan fingerprint density at radius 1 is 1.62 bits per heavy atom. The Morgan fingerprint density at radius 2 is 2.25 bits per heavy atom. The van der Waals surface area contributed by atoms with Gasteiger partial charge in [-0.25, -0.2) is 4.98 Å². The van der Waals surface area contributed by atoms with Gasteiger partial charge in [-0.05, 0) is 41.9 Å². The van der Waals surface area contributed by atoms with E-state index in [4.69, 9.17) is 0 Å². The van der Waals surface area contributed by atoms with Crippen molar-refractivity contribution in [1.82, 2.24) is 9.88 Å². The van der Waals surface area contributed by atoms with Crippen molar-refractivity contribution in [2.24, 2.45) is 0 Å². The van der Waals surface area contributed by atoms with E-state index in [1.54, 1.807) is 39.2 Å². The Labute approximate surface area is 103 Å². The first kappa shape index (κ1) is 13.1. The van der Waals surface area contributed by atoms with Crippen LogP contribution in [0.4, 0.5) is 0 Å². The van der Waals surface area contributed by atoms with Crippen LogP contribution in [0.3, 0.4) is 0 Å². The summed E-state index contributed by atoms with van der Waals surface area (Å²) < 4.78 is 0.655. The van der Waals surface area contributed by atoms with Gasteiger partial charge in [-0.1, -0.05) is 0 Å². The van der Waals surface area contributed by atoms with E-state index in [1.165, 1.54) is 4.90 Å². The van der Waals surface area contributed by atoms with E-state index in [2.05, 4.69) is 20.9 Å². The summed E-state index contributed by atoms with van der Waals surface area (Å²) >= 11 is 3.27. The third-order valence-electron chi connectivity index (χ3n) is 1.93. The maximum absolute atomic E-state index is 12.0. The van der Waals surface area contributed by atoms with Gasteiger partial charge >= 0.3 is 0 Å². The summed E-state index contributed by atoms with van der Waals surface area (Å²) in [5.41, 5.74) is -0.555. The van der Waals surface area contributed by atoms with Crippen molar-refractivity contribution in [2.75, 3.05) is 13.6 Å². The van der Waals surface area contributed by atoms with Crippen molar-refractivity contribution < 1.29 is 9.90 Å². The number of likely N-dealkylation sites (N-methyl/N-ethyl adjacent to an activating group) is 1. The fourth-order valence-corrected chi connectivity index (χ4v) is 1.80. The molecule has 0 unspecified atom stereocenters. The van der Waals surface area contributed by atoms with Crippen LogP contribution < -0.4 is 0 Å². The molecule has 1 heterocycles. The average molecular weight is 287 g/mol. The van der Waals surface area contributed by atoms with Crippen LogP contribution >= 0.6 is 15.9 Å². The van der Waals surface area contributed by atoms with Crippen LogP contribution in [-0.2, 0) is 0 Å². The third-order valence-corrected chi connectivity index (χ3v) is 2.57. The van der Waals surface area contributed by atoms with E-state index in [-0.39, 0.29) is 12.5 Å². The van der Waals surface area contributed by atoms with Crippen LogP contribution in [0.1, 0.15) is 24.3 Å². The number of aliphatic hydroxyl groups is 1. The number of rotatable bonds is 3. The minimum atomic E-state index is -0.911. The van der Waals surface area contributed by atoms with Gasteiger partial charge in [0.05, 0.1) is 5.60 Å². The van der Waals surface area contributed by atoms with E-state index in [1.807, 2.05) is 0 Å². The molecule has 5 heteroatoms. The monoisotopic (exact) mass is 286 g/mol. The molecular weight excluding hydrogens is 272 g/mol. The molecule has 0 aliphatic carbocycles. The summed E-state index contributed by atoms with van der Waals surface area (Å²) in [6, 6.07) is 3.51. The SMILES string of the molecule is CN(CC(C)(C)O)C(=O)c1ncccc1Br. The second kappa shape index (κ2) is 4.93. The molecule has 0 aliphatic heterocycles. The molecular formula is C11H15BrN2O2. The first-order chi connectivity index (χ1) is 7.31. The van der Waals surface area contributed by atoms with Gasteiger partial charge < -0.3 is 10.0 Å². The van der Waals surface area contributed by atoms with Crippen molar-refractivity contribution in [3.05, 3.63) is 28.5 Å². The molecule has 1 N–H and O–H groups in total. The second-order valence-electron chi connectivity index (χ2n) is 4.31. The standard InChI is InChI=1S/C11H15BrN2O2/c1-11(2,16)7-14(3)10(15)9-8(12)5-4-6-13-9/h4-6,16H,7H2,1-3H3. The molecule has 1 aromatic rings. The maximum atomic E-state index is 12.0. The fraction of sp³-hybridized carbons (Fsp3) is 0.455. The Bertz CT molecular complexity index is 388. The van der Waals surface area contributed by atoms with Crippen molar-refractivity contribution >= 4 is 21.8 Å². The number of carbonyl (C=O) groups excluding carboxylic acids is 1. The summed E-state index contributed by atoms with van der Waals surface area (Å²) in [6.45, 7) is 3.57. The summed E-state index contributed by atoms with van der Waals surface area (Å²) in [5.74, 6) is -0.213. The minimum Gasteiger partial charge on any atom is -0.389 e. The molecule has 16 heavy (non-hydrogen) atoms. The molecule has 1 rings (SSSR count). The number of aromatic nitrogens is 1. The van der Waals surface area contributed by atoms with E-state index >= 15 is 0 Å². The van der Waals surface area contributed by atoms with Gasteiger partial charge in [-0.15, -0.1) is 0 Å². The first-order valence-corrected chi connectivity index (χ1v) is 5.69. The predicted molar refractivity (Wildman–Crippen MR) is 65.2 cm³/mol. The summed E-state index contributed by atoms with van der Waals surface area (Å²) in [5, 5.41) is 9.63.